The zero-order valence-corrected chi connectivity index (χ0v) is 17.0. The van der Waals surface area contributed by atoms with E-state index in [2.05, 4.69) is 26.2 Å². The summed E-state index contributed by atoms with van der Waals surface area (Å²) in [6.45, 7) is 4.86. The Balaban J connectivity index is 2.27. The second-order valence-corrected chi connectivity index (χ2v) is 8.02. The topological polar surface area (TPSA) is 65.8 Å². The predicted octanol–water partition coefficient (Wildman–Crippen LogP) is 5.47. The smallest absolute Gasteiger partial charge is 0.324 e. The van der Waals surface area contributed by atoms with E-state index < -0.39 is 28.5 Å². The number of carbonyl (C=O) groups is 1. The number of aromatic nitrogens is 1. The number of hydrogen-bond donors (Lipinski definition) is 1. The van der Waals surface area contributed by atoms with Gasteiger partial charge in [0, 0.05) is 10.2 Å². The minimum atomic E-state index is -4.67. The van der Waals surface area contributed by atoms with Crippen LogP contribution in [0.3, 0.4) is 0 Å². The molecule has 27 heavy (non-hydrogen) atoms. The van der Waals surface area contributed by atoms with Crippen molar-refractivity contribution in [2.24, 2.45) is 0 Å². The van der Waals surface area contributed by atoms with Crippen molar-refractivity contribution in [3.63, 3.8) is 0 Å². The summed E-state index contributed by atoms with van der Waals surface area (Å²) < 4.78 is 40.2. The number of nitrogens with zero attached hydrogens (tertiary/aromatic N) is 2. The summed E-state index contributed by atoms with van der Waals surface area (Å²) in [6.07, 6.45) is -4.67. The molecule has 2 aromatic rings. The zero-order valence-electron chi connectivity index (χ0n) is 14.6. The molecule has 4 nitrogen and oxygen atoms in total. The fourth-order valence-electron chi connectivity index (χ4n) is 2.24. The lowest BCUT2D eigenvalue weighted by Gasteiger charge is -2.16. The van der Waals surface area contributed by atoms with E-state index in [0.717, 1.165) is 23.4 Å². The van der Waals surface area contributed by atoms with Gasteiger partial charge in [-0.1, -0.05) is 17.8 Å². The van der Waals surface area contributed by atoms with Crippen LogP contribution >= 0.6 is 27.7 Å². The number of nitrogens with one attached hydrogen (secondary N) is 1. The molecular formula is C18H15BrF3N3OS. The third-order valence-electron chi connectivity index (χ3n) is 3.57. The fraction of sp³-hybridized carbons (Fsp3) is 0.278. The molecule has 0 fully saturated rings. The van der Waals surface area contributed by atoms with Gasteiger partial charge in [-0.05, 0) is 60.5 Å². The number of aryl methyl sites for hydroxylation is 2. The Hall–Kier alpha value is -2.05. The van der Waals surface area contributed by atoms with Crippen LogP contribution in [-0.4, -0.2) is 16.1 Å². The molecule has 0 bridgehead atoms. The molecule has 1 aromatic carbocycles. The highest BCUT2D eigenvalue weighted by Crippen LogP contribution is 2.37. The van der Waals surface area contributed by atoms with Crippen molar-refractivity contribution >= 4 is 39.3 Å². The van der Waals surface area contributed by atoms with Gasteiger partial charge in [0.25, 0.3) is 0 Å². The molecule has 0 spiro atoms. The lowest BCUT2D eigenvalue weighted by atomic mass is 10.1. The van der Waals surface area contributed by atoms with E-state index in [0.29, 0.717) is 10.2 Å². The quantitative estimate of drug-likeness (QED) is 0.618. The van der Waals surface area contributed by atoms with Crippen molar-refractivity contribution in [2.45, 2.75) is 37.2 Å². The molecule has 0 aliphatic rings. The Bertz CT molecular complexity index is 925. The number of thioether (sulfide) groups is 1. The van der Waals surface area contributed by atoms with Gasteiger partial charge in [-0.2, -0.15) is 18.4 Å². The van der Waals surface area contributed by atoms with Gasteiger partial charge in [0.05, 0.1) is 22.1 Å². The Labute approximate surface area is 167 Å². The van der Waals surface area contributed by atoms with Gasteiger partial charge in [-0.3, -0.25) is 4.79 Å². The number of alkyl halides is 3. The number of amides is 1. The molecular weight excluding hydrogens is 443 g/mol. The lowest BCUT2D eigenvalue weighted by Crippen LogP contribution is -2.23. The number of carbonyl (C=O) groups excluding carboxylic acids is 1. The van der Waals surface area contributed by atoms with Crippen LogP contribution in [0.25, 0.3) is 0 Å². The Morgan fingerprint density at radius 2 is 2.00 bits per heavy atom. The van der Waals surface area contributed by atoms with E-state index >= 15 is 0 Å². The number of hydrogen-bond acceptors (Lipinski definition) is 4. The molecule has 1 heterocycles. The van der Waals surface area contributed by atoms with Crippen molar-refractivity contribution in [1.29, 1.82) is 5.26 Å². The van der Waals surface area contributed by atoms with E-state index in [9.17, 15) is 23.2 Å². The highest BCUT2D eigenvalue weighted by Gasteiger charge is 2.36. The van der Waals surface area contributed by atoms with Crippen LogP contribution < -0.4 is 5.32 Å². The van der Waals surface area contributed by atoms with Crippen molar-refractivity contribution in [3.8, 4) is 6.07 Å². The maximum Gasteiger partial charge on any atom is 0.417 e. The summed E-state index contributed by atoms with van der Waals surface area (Å²) in [5.41, 5.74) is 0.0530. The van der Waals surface area contributed by atoms with E-state index in [-0.39, 0.29) is 10.7 Å². The third kappa shape index (κ3) is 5.23. The van der Waals surface area contributed by atoms with Crippen LogP contribution in [0.5, 0.6) is 0 Å². The second kappa shape index (κ2) is 8.31. The number of anilines is 1. The van der Waals surface area contributed by atoms with Crippen LogP contribution in [0.2, 0.25) is 0 Å². The Morgan fingerprint density at radius 3 is 2.56 bits per heavy atom. The molecule has 142 valence electrons. The number of halogens is 4. The molecule has 0 aliphatic heterocycles. The highest BCUT2D eigenvalue weighted by atomic mass is 79.9. The normalized spacial score (nSPS) is 12.4. The molecule has 0 radical (unpaired) electrons. The molecule has 1 amide bonds. The highest BCUT2D eigenvalue weighted by molar-refractivity contribution is 9.10. The summed E-state index contributed by atoms with van der Waals surface area (Å²) in [5, 5.41) is 11.0. The van der Waals surface area contributed by atoms with Gasteiger partial charge >= 0.3 is 6.18 Å². The van der Waals surface area contributed by atoms with Crippen molar-refractivity contribution in [3.05, 3.63) is 51.1 Å². The summed E-state index contributed by atoms with van der Waals surface area (Å²) in [5.74, 6) is -0.412. The molecule has 1 N–H and O–H groups in total. The first-order valence-corrected chi connectivity index (χ1v) is 9.42. The van der Waals surface area contributed by atoms with E-state index in [4.69, 9.17) is 0 Å². The van der Waals surface area contributed by atoms with Gasteiger partial charge in [0.1, 0.15) is 11.1 Å². The molecule has 0 aliphatic carbocycles. The number of rotatable bonds is 4. The van der Waals surface area contributed by atoms with E-state index in [1.54, 1.807) is 19.1 Å². The maximum absolute atomic E-state index is 13.2. The van der Waals surface area contributed by atoms with Crippen LogP contribution in [0.4, 0.5) is 18.9 Å². The first-order valence-electron chi connectivity index (χ1n) is 7.75. The molecule has 1 aromatic heterocycles. The average Bonchev–Trinajstić information content (AvgIpc) is 2.56. The van der Waals surface area contributed by atoms with E-state index in [1.807, 2.05) is 19.1 Å². The second-order valence-electron chi connectivity index (χ2n) is 5.83. The van der Waals surface area contributed by atoms with Crippen molar-refractivity contribution in [1.82, 2.24) is 4.98 Å². The monoisotopic (exact) mass is 457 g/mol. The Kier molecular flexibility index (Phi) is 6.54. The van der Waals surface area contributed by atoms with Gasteiger partial charge in [0.2, 0.25) is 5.91 Å². The summed E-state index contributed by atoms with van der Waals surface area (Å²) in [7, 11) is 0. The third-order valence-corrected chi connectivity index (χ3v) is 5.31. The van der Waals surface area contributed by atoms with Gasteiger partial charge < -0.3 is 5.32 Å². The number of benzene rings is 1. The first-order chi connectivity index (χ1) is 12.5. The van der Waals surface area contributed by atoms with Crippen molar-refractivity contribution < 1.29 is 18.0 Å². The SMILES string of the molecule is Cc1ccc(NC(=O)C(C)Sc2nc(C)cc(C(F)(F)F)c2C#N)c(Br)c1. The van der Waals surface area contributed by atoms with Gasteiger partial charge in [0.15, 0.2) is 0 Å². The minimum Gasteiger partial charge on any atom is -0.324 e. The van der Waals surface area contributed by atoms with Crippen LogP contribution in [-0.2, 0) is 11.0 Å². The Morgan fingerprint density at radius 1 is 1.33 bits per heavy atom. The maximum atomic E-state index is 13.2. The predicted molar refractivity (Wildman–Crippen MR) is 102 cm³/mol. The summed E-state index contributed by atoms with van der Waals surface area (Å²) in [4.78, 5) is 16.5. The molecule has 2 rings (SSSR count). The lowest BCUT2D eigenvalue weighted by molar-refractivity contribution is -0.138. The molecule has 1 unspecified atom stereocenters. The van der Waals surface area contributed by atoms with Crippen LogP contribution in [0.15, 0.2) is 33.8 Å². The number of pyridine rings is 1. The van der Waals surface area contributed by atoms with Crippen LogP contribution in [0.1, 0.15) is 29.3 Å². The van der Waals surface area contributed by atoms with E-state index in [1.165, 1.54) is 6.92 Å². The molecule has 1 atom stereocenters. The van der Waals surface area contributed by atoms with Crippen LogP contribution in [0, 0.1) is 25.2 Å². The zero-order chi connectivity index (χ0) is 20.4. The minimum absolute atomic E-state index is 0.115. The largest absolute Gasteiger partial charge is 0.417 e. The summed E-state index contributed by atoms with van der Waals surface area (Å²) >= 11 is 4.17. The molecule has 9 heteroatoms. The standard InChI is InChI=1S/C18H15BrF3N3OS/c1-9-4-5-15(14(19)6-9)25-16(26)11(3)27-17-12(8-23)13(18(20,21)22)7-10(2)24-17/h4-7,11H,1-3H3,(H,25,26). The summed E-state index contributed by atoms with van der Waals surface area (Å²) in [6, 6.07) is 7.77. The molecule has 0 saturated carbocycles. The number of nitriles is 1. The van der Waals surface area contributed by atoms with Crippen molar-refractivity contribution in [2.75, 3.05) is 5.32 Å². The van der Waals surface area contributed by atoms with Gasteiger partial charge in [-0.15, -0.1) is 0 Å². The first kappa shape index (κ1) is 21.3. The fourth-order valence-corrected chi connectivity index (χ4v) is 3.80. The molecule has 0 saturated heterocycles. The average molecular weight is 458 g/mol. The van der Waals surface area contributed by atoms with Gasteiger partial charge in [-0.25, -0.2) is 4.98 Å².